The summed E-state index contributed by atoms with van der Waals surface area (Å²) in [6.45, 7) is 1.97. The third-order valence-electron chi connectivity index (χ3n) is 1.17. The average Bonchev–Trinajstić information content (AvgIpc) is 2.10. The van der Waals surface area contributed by atoms with Crippen molar-refractivity contribution in [1.82, 2.24) is 0 Å². The molecule has 1 atom stereocenters. The van der Waals surface area contributed by atoms with Crippen molar-refractivity contribution in [3.05, 3.63) is 19.2 Å². The molecule has 1 aromatic heterocycles. The summed E-state index contributed by atoms with van der Waals surface area (Å²) < 4.78 is 2.24. The smallest absolute Gasteiger partial charge is 0.0758 e. The monoisotopic (exact) mass is 283 g/mol. The van der Waals surface area contributed by atoms with E-state index >= 15 is 0 Å². The Morgan fingerprint density at radius 3 is 2.40 bits per heavy atom. The first-order chi connectivity index (χ1) is 4.61. The van der Waals surface area contributed by atoms with Crippen LogP contribution >= 0.6 is 43.2 Å². The molecule has 0 aliphatic heterocycles. The van der Waals surface area contributed by atoms with E-state index in [1.54, 1.807) is 11.3 Å². The molecule has 56 valence electrons. The maximum atomic E-state index is 5.68. The van der Waals surface area contributed by atoms with E-state index < -0.39 is 0 Å². The van der Waals surface area contributed by atoms with Crippen LogP contribution in [0.25, 0.3) is 0 Å². The van der Waals surface area contributed by atoms with Gasteiger partial charge in [0.15, 0.2) is 0 Å². The van der Waals surface area contributed by atoms with E-state index in [0.717, 1.165) is 13.1 Å². The van der Waals surface area contributed by atoms with Crippen molar-refractivity contribution < 1.29 is 0 Å². The van der Waals surface area contributed by atoms with Crippen molar-refractivity contribution in [2.45, 2.75) is 13.0 Å². The van der Waals surface area contributed by atoms with E-state index in [-0.39, 0.29) is 6.04 Å². The molecule has 0 saturated carbocycles. The SMILES string of the molecule is C[C@H](N)c1cc(Br)sc1Br. The minimum Gasteiger partial charge on any atom is -0.324 e. The zero-order valence-electron chi connectivity index (χ0n) is 5.40. The number of hydrogen-bond donors (Lipinski definition) is 1. The molecule has 0 amide bonds. The van der Waals surface area contributed by atoms with Gasteiger partial charge in [-0.3, -0.25) is 0 Å². The van der Waals surface area contributed by atoms with Crippen LogP contribution in [0.2, 0.25) is 0 Å². The number of thiophene rings is 1. The lowest BCUT2D eigenvalue weighted by molar-refractivity contribution is 0.819. The lowest BCUT2D eigenvalue weighted by Gasteiger charge is -2.00. The second-order valence-corrected chi connectivity index (χ2v) is 5.82. The lowest BCUT2D eigenvalue weighted by Crippen LogP contribution is -2.03. The first-order valence-electron chi connectivity index (χ1n) is 2.81. The molecule has 10 heavy (non-hydrogen) atoms. The highest BCUT2D eigenvalue weighted by Gasteiger charge is 2.07. The van der Waals surface area contributed by atoms with Crippen LogP contribution in [0.4, 0.5) is 0 Å². The van der Waals surface area contributed by atoms with Gasteiger partial charge in [0, 0.05) is 6.04 Å². The van der Waals surface area contributed by atoms with Crippen molar-refractivity contribution in [1.29, 1.82) is 0 Å². The molecular formula is C6H7Br2NS. The highest BCUT2D eigenvalue weighted by Crippen LogP contribution is 2.34. The fourth-order valence-electron chi connectivity index (χ4n) is 0.663. The van der Waals surface area contributed by atoms with Gasteiger partial charge in [0.1, 0.15) is 0 Å². The topological polar surface area (TPSA) is 26.0 Å². The van der Waals surface area contributed by atoms with E-state index in [2.05, 4.69) is 31.9 Å². The molecule has 0 aliphatic rings. The Labute approximate surface area is 80.9 Å². The Hall–Kier alpha value is 0.620. The Bertz CT molecular complexity index is 232. The van der Waals surface area contributed by atoms with E-state index in [1.807, 2.05) is 13.0 Å². The summed E-state index contributed by atoms with van der Waals surface area (Å²) in [5.74, 6) is 0. The van der Waals surface area contributed by atoms with E-state index in [4.69, 9.17) is 5.73 Å². The van der Waals surface area contributed by atoms with Gasteiger partial charge < -0.3 is 5.73 Å². The normalized spacial score (nSPS) is 13.6. The van der Waals surface area contributed by atoms with Gasteiger partial charge in [-0.05, 0) is 50.4 Å². The minimum absolute atomic E-state index is 0.108. The predicted octanol–water partition coefficient (Wildman–Crippen LogP) is 3.29. The predicted molar refractivity (Wildman–Crippen MR) is 52.3 cm³/mol. The first kappa shape index (κ1) is 8.71. The number of halogens is 2. The maximum Gasteiger partial charge on any atom is 0.0758 e. The van der Waals surface area contributed by atoms with Gasteiger partial charge in [-0.2, -0.15) is 0 Å². The van der Waals surface area contributed by atoms with Crippen LogP contribution in [-0.4, -0.2) is 0 Å². The zero-order chi connectivity index (χ0) is 7.72. The third kappa shape index (κ3) is 1.81. The molecule has 0 fully saturated rings. The van der Waals surface area contributed by atoms with Gasteiger partial charge in [-0.25, -0.2) is 0 Å². The van der Waals surface area contributed by atoms with Crippen LogP contribution in [0.5, 0.6) is 0 Å². The Morgan fingerprint density at radius 2 is 2.20 bits per heavy atom. The molecule has 0 saturated heterocycles. The van der Waals surface area contributed by atoms with Crippen LogP contribution in [0.1, 0.15) is 18.5 Å². The number of hydrogen-bond acceptors (Lipinski definition) is 2. The summed E-state index contributed by atoms with van der Waals surface area (Å²) >= 11 is 8.46. The van der Waals surface area contributed by atoms with Crippen LogP contribution < -0.4 is 5.73 Å². The molecule has 1 aromatic rings. The second kappa shape index (κ2) is 3.34. The molecule has 4 heteroatoms. The van der Waals surface area contributed by atoms with Crippen molar-refractivity contribution in [2.75, 3.05) is 0 Å². The Morgan fingerprint density at radius 1 is 1.60 bits per heavy atom. The number of rotatable bonds is 1. The Balaban J connectivity index is 3.03. The average molecular weight is 285 g/mol. The third-order valence-corrected chi connectivity index (χ3v) is 3.56. The first-order valence-corrected chi connectivity index (χ1v) is 5.22. The van der Waals surface area contributed by atoms with Gasteiger partial charge in [0.25, 0.3) is 0 Å². The summed E-state index contributed by atoms with van der Waals surface area (Å²) in [5.41, 5.74) is 6.85. The summed E-state index contributed by atoms with van der Waals surface area (Å²) in [4.78, 5) is 0. The van der Waals surface area contributed by atoms with Crippen molar-refractivity contribution in [3.63, 3.8) is 0 Å². The van der Waals surface area contributed by atoms with E-state index in [9.17, 15) is 0 Å². The summed E-state index contributed by atoms with van der Waals surface area (Å²) in [5, 5.41) is 0. The molecule has 2 N–H and O–H groups in total. The molecule has 1 rings (SSSR count). The van der Waals surface area contributed by atoms with Crippen LogP contribution in [0.3, 0.4) is 0 Å². The molecule has 0 unspecified atom stereocenters. The van der Waals surface area contributed by atoms with Crippen molar-refractivity contribution in [3.8, 4) is 0 Å². The highest BCUT2D eigenvalue weighted by molar-refractivity contribution is 9.12. The van der Waals surface area contributed by atoms with Crippen LogP contribution in [-0.2, 0) is 0 Å². The molecule has 0 radical (unpaired) electrons. The second-order valence-electron chi connectivity index (χ2n) is 2.07. The molecule has 0 bridgehead atoms. The van der Waals surface area contributed by atoms with Crippen LogP contribution in [0, 0.1) is 0 Å². The van der Waals surface area contributed by atoms with E-state index in [1.165, 1.54) is 0 Å². The van der Waals surface area contributed by atoms with Crippen LogP contribution in [0.15, 0.2) is 13.6 Å². The summed E-state index contributed by atoms with van der Waals surface area (Å²) in [6, 6.07) is 2.15. The molecular weight excluding hydrogens is 278 g/mol. The standard InChI is InChI=1S/C6H7Br2NS/c1-3(9)4-2-5(7)10-6(4)8/h2-3H,9H2,1H3/t3-/m0/s1. The highest BCUT2D eigenvalue weighted by atomic mass is 79.9. The Kier molecular flexibility index (Phi) is 2.91. The molecule has 0 aromatic carbocycles. The number of nitrogens with two attached hydrogens (primary N) is 1. The molecule has 1 heterocycles. The molecule has 0 aliphatic carbocycles. The van der Waals surface area contributed by atoms with Gasteiger partial charge in [0.2, 0.25) is 0 Å². The lowest BCUT2D eigenvalue weighted by atomic mass is 10.2. The van der Waals surface area contributed by atoms with Crippen molar-refractivity contribution in [2.24, 2.45) is 5.73 Å². The minimum atomic E-state index is 0.108. The zero-order valence-corrected chi connectivity index (χ0v) is 9.38. The van der Waals surface area contributed by atoms with Gasteiger partial charge >= 0.3 is 0 Å². The quantitative estimate of drug-likeness (QED) is 0.841. The van der Waals surface area contributed by atoms with Gasteiger partial charge in [0.05, 0.1) is 7.57 Å². The maximum absolute atomic E-state index is 5.68. The van der Waals surface area contributed by atoms with Gasteiger partial charge in [-0.15, -0.1) is 11.3 Å². The molecule has 0 spiro atoms. The fourth-order valence-corrected chi connectivity index (χ4v) is 3.77. The largest absolute Gasteiger partial charge is 0.324 e. The summed E-state index contributed by atoms with van der Waals surface area (Å²) in [6.07, 6.45) is 0. The van der Waals surface area contributed by atoms with E-state index in [0.29, 0.717) is 0 Å². The fraction of sp³-hybridized carbons (Fsp3) is 0.333. The van der Waals surface area contributed by atoms with Crippen molar-refractivity contribution >= 4 is 43.2 Å². The molecule has 1 nitrogen and oxygen atoms in total. The van der Waals surface area contributed by atoms with Gasteiger partial charge in [-0.1, -0.05) is 0 Å². The summed E-state index contributed by atoms with van der Waals surface area (Å²) in [7, 11) is 0.